The van der Waals surface area contributed by atoms with E-state index in [1.165, 1.54) is 0 Å². The summed E-state index contributed by atoms with van der Waals surface area (Å²) in [5, 5.41) is 48.7. The van der Waals surface area contributed by atoms with Crippen LogP contribution in [0.15, 0.2) is 229 Å². The van der Waals surface area contributed by atoms with Crippen molar-refractivity contribution in [2.24, 2.45) is 0 Å². The first-order valence-corrected chi connectivity index (χ1v) is 29.9. The van der Waals surface area contributed by atoms with Crippen molar-refractivity contribution < 1.29 is 15.3 Å². The molecule has 3 saturated heterocycles. The van der Waals surface area contributed by atoms with Gasteiger partial charge in [-0.25, -0.2) is 0 Å². The highest BCUT2D eigenvalue weighted by Crippen LogP contribution is 2.46. The number of anilines is 6. The van der Waals surface area contributed by atoms with Crippen molar-refractivity contribution >= 4 is 34.1 Å². The van der Waals surface area contributed by atoms with Crippen LogP contribution in [-0.2, 0) is 36.4 Å². The summed E-state index contributed by atoms with van der Waals surface area (Å²) in [6, 6.07) is 59.9. The van der Waals surface area contributed by atoms with Gasteiger partial charge in [0.25, 0.3) is 32.6 Å². The molecule has 6 N–H and O–H groups in total. The molecule has 0 amide bonds. The molecule has 15 nitrogen and oxygen atoms in total. The zero-order valence-electron chi connectivity index (χ0n) is 47.9. The normalized spacial score (nSPS) is 17.4. The minimum Gasteiger partial charge on any atom is -0.378 e. The predicted molar refractivity (Wildman–Crippen MR) is 341 cm³/mol. The van der Waals surface area contributed by atoms with E-state index in [2.05, 4.69) is 16.0 Å². The molecule has 3 heterocycles. The molecule has 0 radical (unpaired) electrons. The molecule has 3 aliphatic rings. The molecule has 438 valence electrons. The highest BCUT2D eigenvalue weighted by molar-refractivity contribution is 5.79. The minimum absolute atomic E-state index is 0.0512. The van der Waals surface area contributed by atoms with Crippen LogP contribution in [0.4, 0.5) is 34.1 Å². The molecule has 10 aromatic carbocycles. The SMILES string of the molecule is O=c1c(NCc2cc(CNc3c(N4CCC[C@H]4C(O)(c4ccccc4)c4ccccc4)c(=O)c3=O)cc(CNc3c(N4CCC[C@H]4C(O)(c4ccccc4)c4ccccc4)c(=O)c3=O)c2)c(N2CCC[C@H]2C(O)(c2ccccc2)c2ccccc2)c1=O. The van der Waals surface area contributed by atoms with Gasteiger partial charge in [0.1, 0.15) is 50.9 Å². The van der Waals surface area contributed by atoms with Crippen LogP contribution >= 0.6 is 0 Å². The fourth-order valence-electron chi connectivity index (χ4n) is 14.4. The summed E-state index contributed by atoms with van der Waals surface area (Å²) in [6.45, 7) is 1.43. The molecule has 13 rings (SSSR count). The van der Waals surface area contributed by atoms with Crippen LogP contribution in [0.1, 0.15) is 88.6 Å². The largest absolute Gasteiger partial charge is 0.378 e. The third kappa shape index (κ3) is 9.66. The Labute approximate surface area is 502 Å². The number of benzene rings is 7. The third-order valence-corrected chi connectivity index (χ3v) is 18.5. The van der Waals surface area contributed by atoms with E-state index in [0.29, 0.717) is 108 Å². The number of aliphatic hydroxyl groups is 3. The summed E-state index contributed by atoms with van der Waals surface area (Å²) in [6.07, 6.45) is 3.61. The lowest BCUT2D eigenvalue weighted by molar-refractivity contribution is 0.0527. The zero-order valence-corrected chi connectivity index (χ0v) is 47.9. The Bertz CT molecular complexity index is 3760. The van der Waals surface area contributed by atoms with Crippen LogP contribution in [-0.4, -0.2) is 53.1 Å². The first-order chi connectivity index (χ1) is 42.3. The van der Waals surface area contributed by atoms with Gasteiger partial charge in [-0.3, -0.25) is 28.8 Å². The van der Waals surface area contributed by atoms with E-state index < -0.39 is 67.5 Å². The maximum absolute atomic E-state index is 13.8. The Kier molecular flexibility index (Phi) is 15.0. The van der Waals surface area contributed by atoms with Gasteiger partial charge in [0, 0.05) is 39.3 Å². The number of hydrogen-bond acceptors (Lipinski definition) is 15. The second-order valence-electron chi connectivity index (χ2n) is 23.4. The van der Waals surface area contributed by atoms with Crippen molar-refractivity contribution in [3.63, 3.8) is 0 Å². The zero-order chi connectivity index (χ0) is 60.0. The van der Waals surface area contributed by atoms with E-state index >= 15 is 0 Å². The summed E-state index contributed by atoms with van der Waals surface area (Å²) in [5.74, 6) is 0. The van der Waals surface area contributed by atoms with E-state index in [4.69, 9.17) is 0 Å². The Morgan fingerprint density at radius 3 is 0.736 bits per heavy atom. The lowest BCUT2D eigenvalue weighted by atomic mass is 9.79. The number of rotatable bonds is 21. The van der Waals surface area contributed by atoms with Crippen LogP contribution in [0, 0.1) is 0 Å². The van der Waals surface area contributed by atoms with Crippen LogP contribution in [0.5, 0.6) is 0 Å². The fraction of sp³-hybridized carbons (Fsp3) is 0.250. The van der Waals surface area contributed by atoms with Crippen LogP contribution in [0.3, 0.4) is 0 Å². The van der Waals surface area contributed by atoms with Gasteiger partial charge < -0.3 is 46.0 Å². The lowest BCUT2D eigenvalue weighted by Gasteiger charge is -2.41. The quantitative estimate of drug-likeness (QED) is 0.0377. The van der Waals surface area contributed by atoms with Gasteiger partial charge in [-0.1, -0.05) is 200 Å². The molecule has 3 aliphatic heterocycles. The summed E-state index contributed by atoms with van der Waals surface area (Å²) in [7, 11) is 0. The van der Waals surface area contributed by atoms with E-state index in [9.17, 15) is 44.1 Å². The lowest BCUT2D eigenvalue weighted by Crippen LogP contribution is -2.52. The number of nitrogens with zero attached hydrogens (tertiary/aromatic N) is 3. The summed E-state index contributed by atoms with van der Waals surface area (Å²) in [5.41, 5.74) is -1.74. The highest BCUT2D eigenvalue weighted by atomic mass is 16.3. The van der Waals surface area contributed by atoms with Gasteiger partial charge >= 0.3 is 0 Å². The average Bonchev–Trinajstić information content (AvgIpc) is 2.16. The molecule has 0 bridgehead atoms. The molecule has 0 unspecified atom stereocenters. The van der Waals surface area contributed by atoms with E-state index in [1.807, 2.05) is 215 Å². The second-order valence-corrected chi connectivity index (χ2v) is 23.4. The predicted octanol–water partition coefficient (Wildman–Crippen LogP) is 8.03. The minimum atomic E-state index is -1.54. The maximum Gasteiger partial charge on any atom is 0.253 e. The van der Waals surface area contributed by atoms with Crippen molar-refractivity contribution in [1.29, 1.82) is 0 Å². The standard InChI is InChI=1S/C72H66N6O9/c79-64-58(61(67(64)82)76-37-19-34-55(76)70(85,49-22-7-1-8-23-49)50-24-9-2-10-25-50)73-43-46-40-47(44-74-59-62(68(83)65(59)80)77-38-20-35-56(77)71(86,51-26-11-3-12-27-51)52-28-13-4-14-29-52)42-48(41-46)45-75-60-63(69(84)66(60)81)78-39-21-36-57(78)72(87,53-30-15-5-16-31-53)54-32-17-6-18-33-54/h1-18,22-33,40-42,55-57,73-75,85-87H,19-21,34-39,43-45H2/t55-,56-,57-/m0/s1. The molecule has 0 saturated carbocycles. The summed E-state index contributed by atoms with van der Waals surface area (Å²) >= 11 is 0. The third-order valence-electron chi connectivity index (χ3n) is 18.5. The topological polar surface area (TPSA) is 209 Å². The van der Waals surface area contributed by atoms with Crippen LogP contribution < -0.4 is 63.2 Å². The molecule has 10 aromatic rings. The second kappa shape index (κ2) is 23.0. The number of nitrogens with one attached hydrogen (secondary N) is 3. The molecule has 0 spiro atoms. The Hall–Kier alpha value is -9.54. The first-order valence-electron chi connectivity index (χ1n) is 29.9. The van der Waals surface area contributed by atoms with Crippen LogP contribution in [0.25, 0.3) is 0 Å². The van der Waals surface area contributed by atoms with Crippen molar-refractivity contribution in [2.75, 3.05) is 50.3 Å². The molecule has 0 aromatic heterocycles. The fourth-order valence-corrected chi connectivity index (χ4v) is 14.4. The van der Waals surface area contributed by atoms with Crippen molar-refractivity contribution in [3.8, 4) is 0 Å². The van der Waals surface area contributed by atoms with Crippen LogP contribution in [0.2, 0.25) is 0 Å². The van der Waals surface area contributed by atoms with Gasteiger partial charge in [-0.15, -0.1) is 0 Å². The van der Waals surface area contributed by atoms with Crippen molar-refractivity contribution in [2.45, 2.75) is 93.1 Å². The van der Waals surface area contributed by atoms with E-state index in [-0.39, 0.29) is 53.8 Å². The molecule has 0 aliphatic carbocycles. The van der Waals surface area contributed by atoms with Crippen molar-refractivity contribution in [3.05, 3.63) is 312 Å². The number of hydrogen-bond donors (Lipinski definition) is 6. The monoisotopic (exact) mass is 1160 g/mol. The molecule has 87 heavy (non-hydrogen) atoms. The Balaban J connectivity index is 0.820. The summed E-state index contributed by atoms with van der Waals surface area (Å²) in [4.78, 5) is 88.4. The van der Waals surface area contributed by atoms with Gasteiger partial charge in [-0.05, 0) is 88.6 Å². The molecular formula is C72H66N6O9. The maximum atomic E-state index is 13.8. The molecule has 3 fully saturated rings. The Morgan fingerprint density at radius 2 is 0.529 bits per heavy atom. The smallest absolute Gasteiger partial charge is 0.253 e. The van der Waals surface area contributed by atoms with Gasteiger partial charge in [0.2, 0.25) is 0 Å². The van der Waals surface area contributed by atoms with E-state index in [0.717, 1.165) is 0 Å². The molecule has 3 atom stereocenters. The molecular weight excluding hydrogens is 1090 g/mol. The average molecular weight is 1160 g/mol. The van der Waals surface area contributed by atoms with Crippen molar-refractivity contribution in [1.82, 2.24) is 0 Å². The Morgan fingerprint density at radius 1 is 0.322 bits per heavy atom. The van der Waals surface area contributed by atoms with Gasteiger partial charge in [0.05, 0.1) is 18.1 Å². The van der Waals surface area contributed by atoms with Gasteiger partial charge in [-0.2, -0.15) is 0 Å². The first kappa shape index (κ1) is 56.6. The van der Waals surface area contributed by atoms with E-state index in [1.54, 1.807) is 0 Å². The van der Waals surface area contributed by atoms with Gasteiger partial charge in [0.15, 0.2) is 0 Å². The molecule has 15 heteroatoms. The highest BCUT2D eigenvalue weighted by Gasteiger charge is 2.51. The summed E-state index contributed by atoms with van der Waals surface area (Å²) < 4.78 is 0.